The molecule has 0 saturated heterocycles. The Hall–Kier alpha value is -0.610. The molecule has 4 heteroatoms. The van der Waals surface area contributed by atoms with E-state index in [1.54, 1.807) is 0 Å². The molecule has 0 bridgehead atoms. The first-order valence-electron chi connectivity index (χ1n) is 6.53. The predicted molar refractivity (Wildman–Crippen MR) is 77.1 cm³/mol. The quantitative estimate of drug-likeness (QED) is 0.761. The third-order valence-corrected chi connectivity index (χ3v) is 3.38. The number of nitrogens with zero attached hydrogens (tertiary/aromatic N) is 1. The third-order valence-electron chi connectivity index (χ3n) is 3.15. The summed E-state index contributed by atoms with van der Waals surface area (Å²) in [7, 11) is 0. The van der Waals surface area contributed by atoms with Crippen LogP contribution in [0, 0.1) is 0 Å². The van der Waals surface area contributed by atoms with Gasteiger partial charge in [0.2, 0.25) is 0 Å². The minimum absolute atomic E-state index is 0.0423. The van der Waals surface area contributed by atoms with Crippen LogP contribution in [0.15, 0.2) is 24.3 Å². The van der Waals surface area contributed by atoms with Crippen LogP contribution < -0.4 is 5.32 Å². The standard InChI is InChI=1S/C14H23ClN2O/c1-3-17(4-2)9-8-16-14(11-18)12-6-5-7-13(15)10-12/h5-7,10,14,16,18H,3-4,8-9,11H2,1-2H3. The van der Waals surface area contributed by atoms with Gasteiger partial charge in [-0.25, -0.2) is 0 Å². The summed E-state index contributed by atoms with van der Waals surface area (Å²) in [6, 6.07) is 7.59. The average Bonchev–Trinajstić information content (AvgIpc) is 2.39. The van der Waals surface area contributed by atoms with E-state index in [2.05, 4.69) is 24.1 Å². The summed E-state index contributed by atoms with van der Waals surface area (Å²) in [4.78, 5) is 2.35. The number of halogens is 1. The molecule has 2 N–H and O–H groups in total. The van der Waals surface area contributed by atoms with E-state index in [0.717, 1.165) is 31.7 Å². The molecule has 0 aliphatic heterocycles. The molecule has 0 aliphatic rings. The monoisotopic (exact) mass is 270 g/mol. The van der Waals surface area contributed by atoms with Crippen molar-refractivity contribution in [3.8, 4) is 0 Å². The first-order chi connectivity index (χ1) is 8.71. The third kappa shape index (κ3) is 4.94. The summed E-state index contributed by atoms with van der Waals surface area (Å²) in [6.45, 7) is 8.36. The zero-order valence-corrected chi connectivity index (χ0v) is 12.0. The van der Waals surface area contributed by atoms with Crippen LogP contribution in [-0.2, 0) is 0 Å². The molecule has 0 amide bonds. The first-order valence-corrected chi connectivity index (χ1v) is 6.91. The lowest BCUT2D eigenvalue weighted by atomic mass is 10.1. The minimum Gasteiger partial charge on any atom is -0.394 e. The second-order valence-electron chi connectivity index (χ2n) is 4.27. The van der Waals surface area contributed by atoms with Crippen molar-refractivity contribution >= 4 is 11.6 Å². The molecule has 0 aliphatic carbocycles. The fourth-order valence-corrected chi connectivity index (χ4v) is 2.15. The van der Waals surface area contributed by atoms with Gasteiger partial charge in [0.15, 0.2) is 0 Å². The zero-order valence-electron chi connectivity index (χ0n) is 11.2. The van der Waals surface area contributed by atoms with E-state index in [0.29, 0.717) is 5.02 Å². The fraction of sp³-hybridized carbons (Fsp3) is 0.571. The van der Waals surface area contributed by atoms with Crippen molar-refractivity contribution in [2.75, 3.05) is 32.8 Å². The minimum atomic E-state index is -0.0423. The number of hydrogen-bond donors (Lipinski definition) is 2. The van der Waals surface area contributed by atoms with Crippen molar-refractivity contribution in [3.05, 3.63) is 34.9 Å². The highest BCUT2D eigenvalue weighted by Crippen LogP contribution is 2.17. The summed E-state index contributed by atoms with van der Waals surface area (Å²) >= 11 is 5.96. The Labute approximate surface area is 115 Å². The molecule has 0 spiro atoms. The molecule has 1 atom stereocenters. The van der Waals surface area contributed by atoms with Gasteiger partial charge in [-0.2, -0.15) is 0 Å². The Bertz CT molecular complexity index is 342. The van der Waals surface area contributed by atoms with Gasteiger partial charge in [0.05, 0.1) is 12.6 Å². The van der Waals surface area contributed by atoms with Crippen LogP contribution in [0.3, 0.4) is 0 Å². The molecule has 0 radical (unpaired) electrons. The SMILES string of the molecule is CCN(CC)CCNC(CO)c1cccc(Cl)c1. The van der Waals surface area contributed by atoms with Gasteiger partial charge >= 0.3 is 0 Å². The van der Waals surface area contributed by atoms with Crippen molar-refractivity contribution in [1.29, 1.82) is 0 Å². The van der Waals surface area contributed by atoms with E-state index < -0.39 is 0 Å². The summed E-state index contributed by atoms with van der Waals surface area (Å²) in [5.74, 6) is 0. The van der Waals surface area contributed by atoms with Gasteiger partial charge in [-0.3, -0.25) is 0 Å². The maximum absolute atomic E-state index is 9.43. The van der Waals surface area contributed by atoms with Crippen molar-refractivity contribution < 1.29 is 5.11 Å². The molecule has 0 aromatic heterocycles. The number of aliphatic hydroxyl groups is 1. The molecule has 0 heterocycles. The number of benzene rings is 1. The molecule has 1 aromatic rings. The highest BCUT2D eigenvalue weighted by Gasteiger charge is 2.10. The molecule has 1 aromatic carbocycles. The molecule has 1 rings (SSSR count). The van der Waals surface area contributed by atoms with Crippen molar-refractivity contribution in [1.82, 2.24) is 10.2 Å². The number of nitrogens with one attached hydrogen (secondary N) is 1. The van der Waals surface area contributed by atoms with Crippen LogP contribution in [0.4, 0.5) is 0 Å². The Balaban J connectivity index is 2.47. The average molecular weight is 271 g/mol. The number of likely N-dealkylation sites (N-methyl/N-ethyl adjacent to an activating group) is 1. The molecule has 0 fully saturated rings. The summed E-state index contributed by atoms with van der Waals surface area (Å²) < 4.78 is 0. The van der Waals surface area contributed by atoms with Crippen LogP contribution in [0.25, 0.3) is 0 Å². The van der Waals surface area contributed by atoms with E-state index in [1.165, 1.54) is 0 Å². The van der Waals surface area contributed by atoms with E-state index in [4.69, 9.17) is 11.6 Å². The van der Waals surface area contributed by atoms with E-state index >= 15 is 0 Å². The van der Waals surface area contributed by atoms with Crippen molar-refractivity contribution in [2.24, 2.45) is 0 Å². The topological polar surface area (TPSA) is 35.5 Å². The smallest absolute Gasteiger partial charge is 0.0626 e. The Kier molecular flexibility index (Phi) is 7.28. The largest absolute Gasteiger partial charge is 0.394 e. The molecule has 102 valence electrons. The maximum atomic E-state index is 9.43. The van der Waals surface area contributed by atoms with Crippen molar-refractivity contribution in [2.45, 2.75) is 19.9 Å². The van der Waals surface area contributed by atoms with E-state index in [1.807, 2.05) is 24.3 Å². The van der Waals surface area contributed by atoms with Crippen LogP contribution in [-0.4, -0.2) is 42.8 Å². The Morgan fingerprint density at radius 2 is 2.06 bits per heavy atom. The number of hydrogen-bond acceptors (Lipinski definition) is 3. The summed E-state index contributed by atoms with van der Waals surface area (Å²) in [6.07, 6.45) is 0. The normalized spacial score (nSPS) is 12.9. The number of rotatable bonds is 8. The second kappa shape index (κ2) is 8.48. The molecule has 1 unspecified atom stereocenters. The van der Waals surface area contributed by atoms with Gasteiger partial charge in [-0.05, 0) is 30.8 Å². The highest BCUT2D eigenvalue weighted by atomic mass is 35.5. The molecular weight excluding hydrogens is 248 g/mol. The lowest BCUT2D eigenvalue weighted by molar-refractivity contribution is 0.233. The highest BCUT2D eigenvalue weighted by molar-refractivity contribution is 6.30. The molecule has 0 saturated carbocycles. The lowest BCUT2D eigenvalue weighted by Crippen LogP contribution is -2.34. The van der Waals surface area contributed by atoms with Crippen LogP contribution in [0.2, 0.25) is 5.02 Å². The van der Waals surface area contributed by atoms with Crippen LogP contribution in [0.1, 0.15) is 25.5 Å². The number of aliphatic hydroxyl groups excluding tert-OH is 1. The van der Waals surface area contributed by atoms with Crippen LogP contribution in [0.5, 0.6) is 0 Å². The van der Waals surface area contributed by atoms with Crippen molar-refractivity contribution in [3.63, 3.8) is 0 Å². The lowest BCUT2D eigenvalue weighted by Gasteiger charge is -2.21. The summed E-state index contributed by atoms with van der Waals surface area (Å²) in [5, 5.41) is 13.5. The van der Waals surface area contributed by atoms with Gasteiger partial charge in [-0.1, -0.05) is 37.6 Å². The fourth-order valence-electron chi connectivity index (χ4n) is 1.95. The van der Waals surface area contributed by atoms with Gasteiger partial charge in [-0.15, -0.1) is 0 Å². The maximum Gasteiger partial charge on any atom is 0.0626 e. The predicted octanol–water partition coefficient (Wildman–Crippen LogP) is 2.30. The second-order valence-corrected chi connectivity index (χ2v) is 4.71. The van der Waals surface area contributed by atoms with Gasteiger partial charge in [0, 0.05) is 18.1 Å². The molecule has 18 heavy (non-hydrogen) atoms. The molecule has 3 nitrogen and oxygen atoms in total. The Morgan fingerprint density at radius 3 is 2.61 bits per heavy atom. The van der Waals surface area contributed by atoms with Gasteiger partial charge in [0.1, 0.15) is 0 Å². The zero-order chi connectivity index (χ0) is 13.4. The Morgan fingerprint density at radius 1 is 1.33 bits per heavy atom. The van der Waals surface area contributed by atoms with Crippen LogP contribution >= 0.6 is 11.6 Å². The van der Waals surface area contributed by atoms with E-state index in [-0.39, 0.29) is 12.6 Å². The van der Waals surface area contributed by atoms with Gasteiger partial charge in [0.25, 0.3) is 0 Å². The molecular formula is C14H23ClN2O. The van der Waals surface area contributed by atoms with Gasteiger partial charge < -0.3 is 15.3 Å². The van der Waals surface area contributed by atoms with E-state index in [9.17, 15) is 5.11 Å². The first kappa shape index (κ1) is 15.4. The summed E-state index contributed by atoms with van der Waals surface area (Å²) in [5.41, 5.74) is 1.03.